The average molecular weight is 341 g/mol. The van der Waals surface area contributed by atoms with Crippen LogP contribution < -0.4 is 4.57 Å². The second-order valence-electron chi connectivity index (χ2n) is 6.49. The van der Waals surface area contributed by atoms with Crippen molar-refractivity contribution < 1.29 is 8.68 Å². The molecule has 0 saturated heterocycles. The lowest BCUT2D eigenvalue weighted by Crippen LogP contribution is -2.33. The van der Waals surface area contributed by atoms with Crippen LogP contribution in [0.5, 0.6) is 0 Å². The standard InChI is InChI=1S/C21H16N5/c1-24-19-18-17(8-5-10-23-18)26(15-6-3-2-4-7-15)21(19)25-13-14-9-11-22-12-16(14)20(24)25/h2-12H,13H2,1H3/q+1/i1D3. The van der Waals surface area contributed by atoms with Gasteiger partial charge >= 0.3 is 0 Å². The molecule has 1 aromatic carbocycles. The maximum Gasteiger partial charge on any atom is 0.276 e. The third-order valence-corrected chi connectivity index (χ3v) is 5.12. The van der Waals surface area contributed by atoms with Gasteiger partial charge in [-0.05, 0) is 30.3 Å². The first-order valence-corrected chi connectivity index (χ1v) is 8.48. The van der Waals surface area contributed by atoms with Crippen molar-refractivity contribution in [2.45, 2.75) is 6.54 Å². The normalized spacial score (nSPS) is 14.8. The summed E-state index contributed by atoms with van der Waals surface area (Å²) in [6.07, 6.45) is 5.20. The Hall–Kier alpha value is -3.47. The minimum absolute atomic E-state index is 0.593. The van der Waals surface area contributed by atoms with E-state index in [1.807, 2.05) is 48.5 Å². The van der Waals surface area contributed by atoms with Crippen molar-refractivity contribution >= 4 is 22.2 Å². The Bertz CT molecular complexity index is 1410. The van der Waals surface area contributed by atoms with Crippen molar-refractivity contribution in [2.75, 3.05) is 0 Å². The molecule has 0 bridgehead atoms. The highest BCUT2D eigenvalue weighted by Crippen LogP contribution is 2.35. The Morgan fingerprint density at radius 1 is 1.08 bits per heavy atom. The molecule has 124 valence electrons. The first-order valence-electron chi connectivity index (χ1n) is 9.98. The van der Waals surface area contributed by atoms with E-state index in [1.165, 1.54) is 4.57 Å². The van der Waals surface area contributed by atoms with Crippen LogP contribution in [0.15, 0.2) is 67.1 Å². The van der Waals surface area contributed by atoms with Crippen LogP contribution in [0, 0.1) is 0 Å². The molecule has 0 atom stereocenters. The van der Waals surface area contributed by atoms with E-state index in [1.54, 1.807) is 18.6 Å². The number of benzene rings is 1. The van der Waals surface area contributed by atoms with Gasteiger partial charge in [-0.2, -0.15) is 0 Å². The van der Waals surface area contributed by atoms with Crippen LogP contribution in [0.4, 0.5) is 0 Å². The van der Waals surface area contributed by atoms with E-state index in [-0.39, 0.29) is 0 Å². The Kier molecular flexibility index (Phi) is 2.06. The van der Waals surface area contributed by atoms with Gasteiger partial charge in [0.2, 0.25) is 11.3 Å². The van der Waals surface area contributed by atoms with Gasteiger partial charge in [-0.1, -0.05) is 18.2 Å². The Morgan fingerprint density at radius 2 is 2.00 bits per heavy atom. The highest BCUT2D eigenvalue weighted by molar-refractivity contribution is 6.03. The molecule has 1 aliphatic rings. The summed E-state index contributed by atoms with van der Waals surface area (Å²) in [5, 5.41) is 0. The predicted molar refractivity (Wildman–Crippen MR) is 100 cm³/mol. The Labute approximate surface area is 154 Å². The van der Waals surface area contributed by atoms with Gasteiger partial charge in [0.1, 0.15) is 16.7 Å². The molecule has 5 aromatic rings. The van der Waals surface area contributed by atoms with Crippen molar-refractivity contribution in [1.82, 2.24) is 19.1 Å². The average Bonchev–Trinajstić information content (AvgIpc) is 3.34. The zero-order chi connectivity index (χ0) is 19.8. The molecule has 26 heavy (non-hydrogen) atoms. The maximum atomic E-state index is 8.30. The second kappa shape index (κ2) is 4.79. The minimum Gasteiger partial charge on any atom is -0.264 e. The van der Waals surface area contributed by atoms with Gasteiger partial charge < -0.3 is 0 Å². The molecule has 0 saturated carbocycles. The fraction of sp³-hybridized carbons (Fsp3) is 0.0952. The molecular formula is C21H16N5+. The number of hydrogen-bond acceptors (Lipinski definition) is 2. The molecule has 0 unspecified atom stereocenters. The summed E-state index contributed by atoms with van der Waals surface area (Å²) in [6, 6.07) is 15.8. The molecule has 5 heterocycles. The Balaban J connectivity index is 1.87. The summed E-state index contributed by atoms with van der Waals surface area (Å²) in [5.74, 6) is 0.648. The number of pyridine rings is 2. The van der Waals surface area contributed by atoms with Gasteiger partial charge in [0, 0.05) is 24.2 Å². The lowest BCUT2D eigenvalue weighted by molar-refractivity contribution is -0.648. The van der Waals surface area contributed by atoms with Crippen LogP contribution in [0.3, 0.4) is 0 Å². The molecule has 0 aliphatic carbocycles. The molecule has 5 heteroatoms. The van der Waals surface area contributed by atoms with Crippen LogP contribution in [0.1, 0.15) is 9.68 Å². The Morgan fingerprint density at radius 3 is 2.88 bits per heavy atom. The third-order valence-electron chi connectivity index (χ3n) is 5.12. The van der Waals surface area contributed by atoms with E-state index in [2.05, 4.69) is 19.1 Å². The molecule has 0 amide bonds. The van der Waals surface area contributed by atoms with E-state index in [0.717, 1.165) is 28.0 Å². The molecule has 0 N–H and O–H groups in total. The zero-order valence-corrected chi connectivity index (χ0v) is 13.8. The van der Waals surface area contributed by atoms with E-state index < -0.39 is 6.98 Å². The van der Waals surface area contributed by atoms with Crippen LogP contribution in [0.2, 0.25) is 0 Å². The van der Waals surface area contributed by atoms with Crippen LogP contribution in [-0.2, 0) is 13.5 Å². The number of nitrogens with zero attached hydrogens (tertiary/aromatic N) is 5. The largest absolute Gasteiger partial charge is 0.276 e. The van der Waals surface area contributed by atoms with Gasteiger partial charge in [0.15, 0.2) is 0 Å². The van der Waals surface area contributed by atoms with Crippen molar-refractivity contribution in [3.05, 3.63) is 72.7 Å². The molecular weight excluding hydrogens is 322 g/mol. The molecule has 0 radical (unpaired) electrons. The lowest BCUT2D eigenvalue weighted by atomic mass is 10.2. The maximum absolute atomic E-state index is 8.30. The summed E-state index contributed by atoms with van der Waals surface area (Å²) < 4.78 is 30.5. The number of aromatic nitrogens is 5. The van der Waals surface area contributed by atoms with E-state index in [0.29, 0.717) is 23.4 Å². The topological polar surface area (TPSA) is 39.5 Å². The highest BCUT2D eigenvalue weighted by atomic mass is 15.3. The van der Waals surface area contributed by atoms with Crippen LogP contribution in [-0.4, -0.2) is 19.1 Å². The number of fused-ring (bicyclic) bond motifs is 7. The van der Waals surface area contributed by atoms with Crippen LogP contribution >= 0.6 is 0 Å². The van der Waals surface area contributed by atoms with Gasteiger partial charge in [-0.15, -0.1) is 0 Å². The first-order chi connectivity index (χ1) is 14.1. The number of aryl methyl sites for hydroxylation is 1. The summed E-state index contributed by atoms with van der Waals surface area (Å²) in [6.45, 7) is -1.76. The fourth-order valence-corrected chi connectivity index (χ4v) is 4.05. The van der Waals surface area contributed by atoms with Gasteiger partial charge in [-0.25, -0.2) is 14.1 Å². The van der Waals surface area contributed by atoms with Gasteiger partial charge in [0.05, 0.1) is 23.2 Å². The lowest BCUT2D eigenvalue weighted by Gasteiger charge is -2.02. The molecule has 1 aliphatic heterocycles. The minimum atomic E-state index is -2.36. The molecule has 6 rings (SSSR count). The number of para-hydroxylation sites is 1. The molecule has 5 nitrogen and oxygen atoms in total. The van der Waals surface area contributed by atoms with E-state index >= 15 is 0 Å². The molecule has 4 aromatic heterocycles. The first kappa shape index (κ1) is 11.2. The SMILES string of the molecule is [2H]C([2H])([2H])n1c2[n+](c3c1c1ncccc1n3-c1ccccc1)Cc1ccncc1-2. The fourth-order valence-electron chi connectivity index (χ4n) is 4.05. The summed E-state index contributed by atoms with van der Waals surface area (Å²) >= 11 is 0. The smallest absolute Gasteiger partial charge is 0.264 e. The van der Waals surface area contributed by atoms with Gasteiger partial charge in [-0.3, -0.25) is 9.55 Å². The summed E-state index contributed by atoms with van der Waals surface area (Å²) in [4.78, 5) is 8.82. The molecule has 0 fully saturated rings. The predicted octanol–water partition coefficient (Wildman–Crippen LogP) is 3.23. The monoisotopic (exact) mass is 341 g/mol. The molecule has 0 spiro atoms. The quantitative estimate of drug-likeness (QED) is 0.431. The van der Waals surface area contributed by atoms with E-state index in [9.17, 15) is 0 Å². The van der Waals surface area contributed by atoms with Crippen LogP contribution in [0.25, 0.3) is 39.3 Å². The highest BCUT2D eigenvalue weighted by Gasteiger charge is 2.36. The number of rotatable bonds is 1. The van der Waals surface area contributed by atoms with E-state index in [4.69, 9.17) is 4.11 Å². The second-order valence-corrected chi connectivity index (χ2v) is 6.49. The zero-order valence-electron chi connectivity index (χ0n) is 16.8. The van der Waals surface area contributed by atoms with Gasteiger partial charge in [0.25, 0.3) is 5.65 Å². The van der Waals surface area contributed by atoms with Crippen molar-refractivity contribution in [3.8, 4) is 17.1 Å². The van der Waals surface area contributed by atoms with Crippen molar-refractivity contribution in [3.63, 3.8) is 0 Å². The summed E-state index contributed by atoms with van der Waals surface area (Å²) in [7, 11) is 0. The van der Waals surface area contributed by atoms with Crippen molar-refractivity contribution in [2.24, 2.45) is 6.98 Å². The summed E-state index contributed by atoms with van der Waals surface area (Å²) in [5.41, 5.74) is 5.88. The third kappa shape index (κ3) is 1.57. The van der Waals surface area contributed by atoms with Crippen molar-refractivity contribution in [1.29, 1.82) is 0 Å². The number of hydrogen-bond donors (Lipinski definition) is 0. The number of imidazole rings is 1.